The maximum atomic E-state index is 9.00. The van der Waals surface area contributed by atoms with Crippen molar-refractivity contribution in [3.8, 4) is 68.0 Å². The third kappa shape index (κ3) is 17.6. The summed E-state index contributed by atoms with van der Waals surface area (Å²) in [6, 6.07) is 57.2. The summed E-state index contributed by atoms with van der Waals surface area (Å²) in [6.45, 7) is 2.17. The molecular weight excluding hydrogens is 953 g/mol. The third-order valence-electron chi connectivity index (χ3n) is 7.46. The van der Waals surface area contributed by atoms with Crippen LogP contribution in [0.2, 0.25) is 0 Å². The van der Waals surface area contributed by atoms with Crippen LogP contribution in [0.3, 0.4) is 0 Å². The molecular formula is C49H42N4O6Pd2. The molecule has 8 aromatic rings. The Kier molecular flexibility index (Phi) is 22.5. The molecule has 4 heterocycles. The summed E-state index contributed by atoms with van der Waals surface area (Å²) in [7, 11) is 0. The van der Waals surface area contributed by atoms with Crippen LogP contribution in [0.1, 0.15) is 21.3 Å². The van der Waals surface area contributed by atoms with E-state index in [1.807, 2.05) is 158 Å². The van der Waals surface area contributed by atoms with Crippen LogP contribution in [0, 0.1) is 12.1 Å². The van der Waals surface area contributed by atoms with E-state index in [9.17, 15) is 0 Å². The van der Waals surface area contributed by atoms with Crippen LogP contribution >= 0.6 is 0 Å². The van der Waals surface area contributed by atoms with E-state index in [2.05, 4.69) is 32.1 Å². The number of carbonyl (C=O) groups is 2. The fraction of sp³-hybridized carbons (Fsp3) is 0.0612. The standard InChI is InChI=1S/C22H16N2O.C22H14N2O.2C2H4O2.CH4.2Pd/c2*1-3-13-23-21(11-1)17-7-5-9-19(15-17)25-20-10-6-8-18(16-20)22-12-2-4-14-24-22;2*1-2(3)4;;;/h1-16H;1-14H;2*1H3,(H,3,4);1H4;;/q;-2;;;;;+2. The molecule has 0 aliphatic rings. The van der Waals surface area contributed by atoms with Gasteiger partial charge in [-0.25, -0.2) is 0 Å². The Labute approximate surface area is 383 Å². The van der Waals surface area contributed by atoms with Crippen LogP contribution in [-0.2, 0) is 50.4 Å². The predicted octanol–water partition coefficient (Wildman–Crippen LogP) is 11.6. The zero-order valence-electron chi connectivity index (χ0n) is 32.3. The van der Waals surface area contributed by atoms with Crippen molar-refractivity contribution in [1.82, 2.24) is 19.9 Å². The van der Waals surface area contributed by atoms with Gasteiger partial charge in [0.15, 0.2) is 0 Å². The first kappa shape index (κ1) is 50.5. The minimum atomic E-state index is -0.833. The topological polar surface area (TPSA) is 145 Å². The Morgan fingerprint density at radius 1 is 0.459 bits per heavy atom. The number of carboxylic acid groups (broad SMARTS) is 2. The van der Waals surface area contributed by atoms with Crippen LogP contribution in [0.25, 0.3) is 45.0 Å². The van der Waals surface area contributed by atoms with E-state index < -0.39 is 11.9 Å². The van der Waals surface area contributed by atoms with Gasteiger partial charge in [0.25, 0.3) is 11.9 Å². The first-order chi connectivity index (χ1) is 28.2. The molecule has 8 rings (SSSR count). The Morgan fingerprint density at radius 3 is 1.11 bits per heavy atom. The van der Waals surface area contributed by atoms with Gasteiger partial charge in [-0.1, -0.05) is 80.2 Å². The molecule has 4 aromatic carbocycles. The van der Waals surface area contributed by atoms with E-state index in [4.69, 9.17) is 29.3 Å². The van der Waals surface area contributed by atoms with Gasteiger partial charge in [-0.2, -0.15) is 0 Å². The Morgan fingerprint density at radius 2 is 0.787 bits per heavy atom. The van der Waals surface area contributed by atoms with Gasteiger partial charge in [0.05, 0.1) is 11.4 Å². The minimum Gasteiger partial charge on any atom is -0.497 e. The quantitative estimate of drug-likeness (QED) is 0.111. The van der Waals surface area contributed by atoms with E-state index >= 15 is 0 Å². The molecule has 0 unspecified atom stereocenters. The second-order valence-electron chi connectivity index (χ2n) is 12.0. The first-order valence-electron chi connectivity index (χ1n) is 17.9. The van der Waals surface area contributed by atoms with Gasteiger partial charge in [0.1, 0.15) is 11.5 Å². The van der Waals surface area contributed by atoms with E-state index in [1.54, 1.807) is 24.8 Å². The van der Waals surface area contributed by atoms with E-state index in [0.29, 0.717) is 11.5 Å². The third-order valence-corrected chi connectivity index (χ3v) is 7.46. The number of pyridine rings is 4. The maximum Gasteiger partial charge on any atom is 2.00 e. The van der Waals surface area contributed by atoms with Crippen LogP contribution in [-0.4, -0.2) is 42.1 Å². The van der Waals surface area contributed by atoms with Crippen molar-refractivity contribution >= 4 is 11.9 Å². The van der Waals surface area contributed by atoms with Crippen molar-refractivity contribution in [2.45, 2.75) is 21.3 Å². The van der Waals surface area contributed by atoms with Crippen molar-refractivity contribution in [2.75, 3.05) is 0 Å². The number of hydrogen-bond donors (Lipinski definition) is 2. The summed E-state index contributed by atoms with van der Waals surface area (Å²) in [6.07, 6.45) is 7.11. The molecule has 0 radical (unpaired) electrons. The summed E-state index contributed by atoms with van der Waals surface area (Å²) < 4.78 is 12.0. The van der Waals surface area contributed by atoms with Gasteiger partial charge >= 0.3 is 20.4 Å². The molecule has 0 aliphatic heterocycles. The maximum absolute atomic E-state index is 9.00. The van der Waals surface area contributed by atoms with Gasteiger partial charge in [0.2, 0.25) is 0 Å². The monoisotopic (exact) mass is 994 g/mol. The molecule has 0 bridgehead atoms. The van der Waals surface area contributed by atoms with Crippen molar-refractivity contribution in [3.63, 3.8) is 0 Å². The first-order valence-corrected chi connectivity index (χ1v) is 17.9. The number of nitrogens with zero attached hydrogens (tertiary/aromatic N) is 4. The second-order valence-corrected chi connectivity index (χ2v) is 12.0. The normalized spacial score (nSPS) is 9.34. The average Bonchev–Trinajstić information content (AvgIpc) is 3.25. The zero-order chi connectivity index (χ0) is 41.0. The molecule has 0 spiro atoms. The fourth-order valence-corrected chi connectivity index (χ4v) is 5.12. The van der Waals surface area contributed by atoms with E-state index in [1.165, 1.54) is 0 Å². The second kappa shape index (κ2) is 27.2. The van der Waals surface area contributed by atoms with Crippen molar-refractivity contribution in [3.05, 3.63) is 195 Å². The van der Waals surface area contributed by atoms with Crippen LogP contribution in [0.4, 0.5) is 0 Å². The molecule has 12 heteroatoms. The Bertz CT molecular complexity index is 2150. The number of ether oxygens (including phenoxy) is 2. The molecule has 314 valence electrons. The largest absolute Gasteiger partial charge is 2.00 e. The number of rotatable bonds is 8. The van der Waals surface area contributed by atoms with Crippen molar-refractivity contribution in [1.29, 1.82) is 0 Å². The van der Waals surface area contributed by atoms with Gasteiger partial charge in [-0.15, -0.1) is 47.5 Å². The number of aromatic nitrogens is 4. The van der Waals surface area contributed by atoms with Crippen molar-refractivity contribution in [2.24, 2.45) is 0 Å². The average molecular weight is 996 g/mol. The number of hydrogen-bond acceptors (Lipinski definition) is 8. The summed E-state index contributed by atoms with van der Waals surface area (Å²) in [5, 5.41) is 14.8. The van der Waals surface area contributed by atoms with Crippen LogP contribution in [0.15, 0.2) is 183 Å². The molecule has 2 N–H and O–H groups in total. The smallest absolute Gasteiger partial charge is 0.497 e. The molecule has 0 aliphatic carbocycles. The van der Waals surface area contributed by atoms with E-state index in [0.717, 1.165) is 70.4 Å². The summed E-state index contributed by atoms with van der Waals surface area (Å²) in [5.74, 6) is 1.14. The zero-order valence-corrected chi connectivity index (χ0v) is 35.4. The molecule has 0 saturated carbocycles. The van der Waals surface area contributed by atoms with Crippen LogP contribution in [0.5, 0.6) is 23.0 Å². The molecule has 61 heavy (non-hydrogen) atoms. The van der Waals surface area contributed by atoms with Crippen molar-refractivity contribution < 1.29 is 70.1 Å². The van der Waals surface area contributed by atoms with Gasteiger partial charge in [-0.3, -0.25) is 19.6 Å². The molecule has 0 saturated heterocycles. The number of aliphatic carboxylic acids is 2. The van der Waals surface area contributed by atoms with Gasteiger partial charge in [-0.05, 0) is 72.1 Å². The summed E-state index contributed by atoms with van der Waals surface area (Å²) in [4.78, 5) is 35.5. The summed E-state index contributed by atoms with van der Waals surface area (Å²) >= 11 is 0. The van der Waals surface area contributed by atoms with Crippen LogP contribution < -0.4 is 9.47 Å². The minimum absolute atomic E-state index is 0. The van der Waals surface area contributed by atoms with E-state index in [-0.39, 0.29) is 48.3 Å². The van der Waals surface area contributed by atoms with Gasteiger partial charge < -0.3 is 29.7 Å². The predicted molar refractivity (Wildman–Crippen MR) is 230 cm³/mol. The number of carboxylic acids is 2. The summed E-state index contributed by atoms with van der Waals surface area (Å²) in [5.41, 5.74) is 7.40. The molecule has 0 amide bonds. The molecule has 0 atom stereocenters. The number of benzene rings is 4. The molecule has 4 aromatic heterocycles. The van der Waals surface area contributed by atoms with Gasteiger partial charge in [0, 0.05) is 81.7 Å². The Balaban J connectivity index is 0.000000343. The Hall–Kier alpha value is -6.66. The SMILES string of the molecule is C.CC(=O)O.CC(=O)O.[Pd+2].[Pd].[c-]1c(Oc2[c-]c(-c3ccccn3)ccc2)cccc1-c1ccccn1.c1ccc(-c2cccc(Oc3cccc(-c4ccccn4)c3)c2)nc1. The molecule has 0 fully saturated rings. The fourth-order valence-electron chi connectivity index (χ4n) is 5.12. The molecule has 10 nitrogen and oxygen atoms in total.